The van der Waals surface area contributed by atoms with Crippen molar-refractivity contribution >= 4 is 16.7 Å². The number of fused-ring (bicyclic) bond motifs is 1. The maximum absolute atomic E-state index is 11.9. The van der Waals surface area contributed by atoms with Crippen LogP contribution in [0, 0.1) is 5.92 Å². The lowest BCUT2D eigenvalue weighted by molar-refractivity contribution is -0.138. The molecule has 0 amide bonds. The Morgan fingerprint density at radius 1 is 0.947 bits per heavy atom. The highest BCUT2D eigenvalue weighted by molar-refractivity contribution is 5.89. The summed E-state index contributed by atoms with van der Waals surface area (Å²) >= 11 is 0. The Labute approximate surface area is 228 Å². The Bertz CT molecular complexity index is 1230. The van der Waals surface area contributed by atoms with E-state index in [0.29, 0.717) is 30.9 Å². The van der Waals surface area contributed by atoms with Gasteiger partial charge in [0.1, 0.15) is 0 Å². The van der Waals surface area contributed by atoms with E-state index >= 15 is 0 Å². The van der Waals surface area contributed by atoms with Crippen LogP contribution >= 0.6 is 0 Å². The van der Waals surface area contributed by atoms with Crippen molar-refractivity contribution in [3.05, 3.63) is 83.4 Å². The molecule has 1 saturated carbocycles. The minimum absolute atomic E-state index is 0.113. The number of ether oxygens (including phenoxy) is 1. The molecule has 1 aliphatic carbocycles. The lowest BCUT2D eigenvalue weighted by atomic mass is 9.76. The SMILES string of the molecule is C=C(C)C(=O)OCCc1cc(CCO)ccc1-c1ccc2cc(C3CCC(CCCCC)CC3)ccc2c1. The standard InChI is InChI=1S/C35H44O3/c1-4-5-6-7-26-8-11-28(12-9-26)29-13-14-31-24-32(16-15-30(31)23-29)34-17-10-27(18-20-36)22-33(34)19-21-38-35(37)25(2)3/h10,13-17,22-24,26,28,36H,2,4-9,11-12,18-21H2,1,3H3. The topological polar surface area (TPSA) is 46.5 Å². The van der Waals surface area contributed by atoms with Gasteiger partial charge in [0.2, 0.25) is 0 Å². The normalized spacial score (nSPS) is 17.4. The van der Waals surface area contributed by atoms with Crippen molar-refractivity contribution in [1.29, 1.82) is 0 Å². The Balaban J connectivity index is 1.49. The summed E-state index contributed by atoms with van der Waals surface area (Å²) in [6, 6.07) is 20.1. The maximum Gasteiger partial charge on any atom is 0.333 e. The van der Waals surface area contributed by atoms with Gasteiger partial charge in [-0.2, -0.15) is 0 Å². The van der Waals surface area contributed by atoms with E-state index in [0.717, 1.165) is 28.2 Å². The number of unbranched alkanes of at least 4 members (excludes halogenated alkanes) is 2. The van der Waals surface area contributed by atoms with E-state index in [1.165, 1.54) is 67.7 Å². The molecule has 0 radical (unpaired) electrons. The van der Waals surface area contributed by atoms with Crippen LogP contribution in [0.5, 0.6) is 0 Å². The summed E-state index contributed by atoms with van der Waals surface area (Å²) in [5, 5.41) is 12.0. The first kappa shape index (κ1) is 28.1. The molecule has 3 heteroatoms. The third kappa shape index (κ3) is 7.35. The van der Waals surface area contributed by atoms with Crippen molar-refractivity contribution in [3.8, 4) is 11.1 Å². The highest BCUT2D eigenvalue weighted by Gasteiger charge is 2.22. The molecule has 0 unspecified atom stereocenters. The van der Waals surface area contributed by atoms with Crippen LogP contribution in [-0.4, -0.2) is 24.3 Å². The third-order valence-electron chi connectivity index (χ3n) is 8.23. The van der Waals surface area contributed by atoms with Gasteiger partial charge >= 0.3 is 5.97 Å². The predicted molar refractivity (Wildman–Crippen MR) is 158 cm³/mol. The number of carbonyl (C=O) groups excluding carboxylic acids is 1. The van der Waals surface area contributed by atoms with E-state index in [1.807, 2.05) is 0 Å². The first-order valence-corrected chi connectivity index (χ1v) is 14.6. The molecule has 0 spiro atoms. The van der Waals surface area contributed by atoms with Gasteiger partial charge in [-0.15, -0.1) is 0 Å². The molecule has 0 heterocycles. The lowest BCUT2D eigenvalue weighted by Crippen LogP contribution is -2.13. The average Bonchev–Trinajstić information content (AvgIpc) is 2.93. The molecule has 3 aromatic rings. The zero-order valence-corrected chi connectivity index (χ0v) is 23.3. The summed E-state index contributed by atoms with van der Waals surface area (Å²) in [7, 11) is 0. The van der Waals surface area contributed by atoms with E-state index in [9.17, 15) is 9.90 Å². The van der Waals surface area contributed by atoms with E-state index in [-0.39, 0.29) is 12.6 Å². The predicted octanol–water partition coefficient (Wildman–Crippen LogP) is 8.56. The Morgan fingerprint density at radius 2 is 1.71 bits per heavy atom. The summed E-state index contributed by atoms with van der Waals surface area (Å²) in [6.45, 7) is 8.03. The monoisotopic (exact) mass is 512 g/mol. The van der Waals surface area contributed by atoms with Gasteiger partial charge in [-0.25, -0.2) is 4.79 Å². The van der Waals surface area contributed by atoms with E-state index < -0.39 is 0 Å². The number of rotatable bonds is 12. The van der Waals surface area contributed by atoms with E-state index in [1.54, 1.807) is 6.92 Å². The van der Waals surface area contributed by atoms with E-state index in [2.05, 4.69) is 68.1 Å². The number of benzene rings is 3. The molecule has 38 heavy (non-hydrogen) atoms. The zero-order chi connectivity index (χ0) is 26.9. The van der Waals surface area contributed by atoms with Crippen LogP contribution in [-0.2, 0) is 22.4 Å². The highest BCUT2D eigenvalue weighted by Crippen LogP contribution is 2.39. The fourth-order valence-electron chi connectivity index (χ4n) is 5.95. The first-order valence-electron chi connectivity index (χ1n) is 14.6. The fraction of sp³-hybridized carbons (Fsp3) is 0.457. The van der Waals surface area contributed by atoms with Gasteiger partial charge in [0.25, 0.3) is 0 Å². The molecule has 0 atom stereocenters. The van der Waals surface area contributed by atoms with Crippen LogP contribution in [0.3, 0.4) is 0 Å². The number of esters is 1. The quantitative estimate of drug-likeness (QED) is 0.150. The number of hydrogen-bond donors (Lipinski definition) is 1. The average molecular weight is 513 g/mol. The van der Waals surface area contributed by atoms with Crippen LogP contribution in [0.25, 0.3) is 21.9 Å². The number of carbonyl (C=O) groups is 1. The summed E-state index contributed by atoms with van der Waals surface area (Å²) in [5.41, 5.74) is 6.42. The minimum atomic E-state index is -0.357. The Morgan fingerprint density at radius 3 is 2.45 bits per heavy atom. The second kappa shape index (κ2) is 13.8. The van der Waals surface area contributed by atoms with Crippen molar-refractivity contribution in [2.24, 2.45) is 5.92 Å². The van der Waals surface area contributed by atoms with Crippen LogP contribution in [0.15, 0.2) is 66.7 Å². The van der Waals surface area contributed by atoms with Crippen LogP contribution in [0.1, 0.15) is 87.8 Å². The Kier molecular flexibility index (Phi) is 10.2. The fourth-order valence-corrected chi connectivity index (χ4v) is 5.95. The summed E-state index contributed by atoms with van der Waals surface area (Å²) < 4.78 is 5.38. The summed E-state index contributed by atoms with van der Waals surface area (Å²) in [6.07, 6.45) is 12.1. The molecule has 3 nitrogen and oxygen atoms in total. The lowest BCUT2D eigenvalue weighted by Gasteiger charge is -2.29. The van der Waals surface area contributed by atoms with Crippen molar-refractivity contribution < 1.29 is 14.6 Å². The van der Waals surface area contributed by atoms with E-state index in [4.69, 9.17) is 4.74 Å². The van der Waals surface area contributed by atoms with Crippen molar-refractivity contribution in [2.45, 2.75) is 84.0 Å². The molecule has 3 aromatic carbocycles. The van der Waals surface area contributed by atoms with Crippen molar-refractivity contribution in [2.75, 3.05) is 13.2 Å². The molecule has 1 fully saturated rings. The van der Waals surface area contributed by atoms with Gasteiger partial charge in [0.15, 0.2) is 0 Å². The van der Waals surface area contributed by atoms with Crippen LogP contribution in [0.2, 0.25) is 0 Å². The van der Waals surface area contributed by atoms with Gasteiger partial charge in [-0.3, -0.25) is 0 Å². The molecule has 4 rings (SSSR count). The Hall–Kier alpha value is -2.91. The molecule has 1 N–H and O–H groups in total. The van der Waals surface area contributed by atoms with Crippen molar-refractivity contribution in [3.63, 3.8) is 0 Å². The maximum atomic E-state index is 11.9. The number of aliphatic hydroxyl groups is 1. The summed E-state index contributed by atoms with van der Waals surface area (Å²) in [4.78, 5) is 11.9. The molecular weight excluding hydrogens is 468 g/mol. The van der Waals surface area contributed by atoms with Gasteiger partial charge in [0.05, 0.1) is 6.61 Å². The molecule has 1 aliphatic rings. The molecule has 0 bridgehead atoms. The smallest absolute Gasteiger partial charge is 0.333 e. The molecule has 0 aliphatic heterocycles. The van der Waals surface area contributed by atoms with Gasteiger partial charge in [0, 0.05) is 18.6 Å². The third-order valence-corrected chi connectivity index (χ3v) is 8.23. The van der Waals surface area contributed by atoms with Crippen molar-refractivity contribution in [1.82, 2.24) is 0 Å². The number of hydrogen-bond acceptors (Lipinski definition) is 3. The van der Waals surface area contributed by atoms with Crippen LogP contribution in [0.4, 0.5) is 0 Å². The molecular formula is C35H44O3. The second-order valence-corrected chi connectivity index (χ2v) is 11.2. The molecule has 0 aromatic heterocycles. The minimum Gasteiger partial charge on any atom is -0.462 e. The first-order chi connectivity index (χ1) is 18.5. The second-order valence-electron chi connectivity index (χ2n) is 11.2. The largest absolute Gasteiger partial charge is 0.462 e. The zero-order valence-electron chi connectivity index (χ0n) is 23.3. The van der Waals surface area contributed by atoms with Crippen LogP contribution < -0.4 is 0 Å². The van der Waals surface area contributed by atoms with Gasteiger partial charge < -0.3 is 9.84 Å². The van der Waals surface area contributed by atoms with Gasteiger partial charge in [-0.05, 0) is 95.5 Å². The highest BCUT2D eigenvalue weighted by atomic mass is 16.5. The molecule has 202 valence electrons. The number of aliphatic hydroxyl groups excluding tert-OH is 1. The summed E-state index contributed by atoms with van der Waals surface area (Å²) in [5.74, 6) is 1.27. The molecule has 0 saturated heterocycles. The van der Waals surface area contributed by atoms with Gasteiger partial charge in [-0.1, -0.05) is 87.7 Å².